The second-order valence-electron chi connectivity index (χ2n) is 7.46. The van der Waals surface area contributed by atoms with Gasteiger partial charge in [0.1, 0.15) is 0 Å². The van der Waals surface area contributed by atoms with E-state index in [4.69, 9.17) is 10.00 Å². The van der Waals surface area contributed by atoms with Crippen molar-refractivity contribution in [1.82, 2.24) is 4.90 Å². The summed E-state index contributed by atoms with van der Waals surface area (Å²) in [6.07, 6.45) is -9.69. The smallest absolute Gasteiger partial charge is 0.373 e. The molecule has 0 unspecified atom stereocenters. The number of nitriles is 1. The summed E-state index contributed by atoms with van der Waals surface area (Å²) < 4.78 is 84.4. The normalized spacial score (nSPS) is 20.4. The Morgan fingerprint density at radius 3 is 2.13 bits per heavy atom. The van der Waals surface area contributed by atoms with Crippen LogP contribution >= 0.6 is 0 Å². The van der Waals surface area contributed by atoms with Crippen LogP contribution < -0.4 is 0 Å². The number of nitrogens with zero attached hydrogens (tertiary/aromatic N) is 2. The van der Waals surface area contributed by atoms with Crippen molar-refractivity contribution in [3.8, 4) is 6.07 Å². The van der Waals surface area contributed by atoms with Gasteiger partial charge in [-0.2, -0.15) is 31.6 Å². The number of rotatable bonds is 5. The topological polar surface area (TPSA) is 36.3 Å². The van der Waals surface area contributed by atoms with Crippen LogP contribution in [-0.4, -0.2) is 30.6 Å². The Kier molecular flexibility index (Phi) is 6.92. The molecule has 2 aromatic carbocycles. The van der Waals surface area contributed by atoms with Gasteiger partial charge in [-0.15, -0.1) is 0 Å². The average Bonchev–Trinajstić information content (AvgIpc) is 2.72. The lowest BCUT2D eigenvalue weighted by molar-refractivity contribution is -0.143. The van der Waals surface area contributed by atoms with E-state index in [1.165, 1.54) is 0 Å². The van der Waals surface area contributed by atoms with E-state index < -0.39 is 29.6 Å². The molecular weight excluding hydrogens is 422 g/mol. The molecule has 1 aliphatic rings. The zero-order chi connectivity index (χ0) is 22.6. The van der Waals surface area contributed by atoms with E-state index in [0.717, 1.165) is 5.56 Å². The molecule has 31 heavy (non-hydrogen) atoms. The van der Waals surface area contributed by atoms with Crippen molar-refractivity contribution >= 4 is 0 Å². The van der Waals surface area contributed by atoms with Gasteiger partial charge in [0.05, 0.1) is 36.5 Å². The van der Waals surface area contributed by atoms with Crippen LogP contribution in [0.5, 0.6) is 0 Å². The third-order valence-electron chi connectivity index (χ3n) is 5.27. The van der Waals surface area contributed by atoms with Crippen molar-refractivity contribution < 1.29 is 31.1 Å². The zero-order valence-corrected chi connectivity index (χ0v) is 16.4. The van der Waals surface area contributed by atoms with Gasteiger partial charge in [0.25, 0.3) is 0 Å². The molecule has 3 nitrogen and oxygen atoms in total. The SMILES string of the molecule is N#CCN1CC[C@@H](OCc2cc(C(F)(F)F)cc(C(F)(F)F)c2)[C@@H](c2ccccc2)C1. The standard InChI is InChI=1S/C22H20F6N2O/c23-21(24,25)17-10-15(11-18(12-17)22(26,27)28)14-31-20-6-8-30(9-7-29)13-19(20)16-4-2-1-3-5-16/h1-5,10-12,19-20H,6,8-9,13-14H2/t19-,20-/m1/s1. The zero-order valence-electron chi connectivity index (χ0n) is 16.4. The summed E-state index contributed by atoms with van der Waals surface area (Å²) in [5.41, 5.74) is -1.96. The van der Waals surface area contributed by atoms with Gasteiger partial charge in [-0.25, -0.2) is 0 Å². The molecule has 1 heterocycles. The monoisotopic (exact) mass is 442 g/mol. The third kappa shape index (κ3) is 5.99. The lowest BCUT2D eigenvalue weighted by atomic mass is 9.88. The van der Waals surface area contributed by atoms with Gasteiger partial charge >= 0.3 is 12.4 Å². The van der Waals surface area contributed by atoms with Gasteiger partial charge in [0.2, 0.25) is 0 Å². The molecule has 0 saturated carbocycles. The summed E-state index contributed by atoms with van der Waals surface area (Å²) in [6, 6.07) is 12.9. The molecule has 0 amide bonds. The highest BCUT2D eigenvalue weighted by Crippen LogP contribution is 2.37. The maximum atomic E-state index is 13.1. The van der Waals surface area contributed by atoms with E-state index in [-0.39, 0.29) is 30.7 Å². The molecule has 166 valence electrons. The first kappa shape index (κ1) is 23.1. The van der Waals surface area contributed by atoms with Gasteiger partial charge in [0.15, 0.2) is 0 Å². The molecule has 2 aromatic rings. The van der Waals surface area contributed by atoms with Crippen LogP contribution in [0, 0.1) is 11.3 Å². The van der Waals surface area contributed by atoms with Gasteiger partial charge in [-0.05, 0) is 35.7 Å². The highest BCUT2D eigenvalue weighted by atomic mass is 19.4. The molecule has 1 saturated heterocycles. The largest absolute Gasteiger partial charge is 0.416 e. The van der Waals surface area contributed by atoms with Gasteiger partial charge in [0, 0.05) is 19.0 Å². The van der Waals surface area contributed by atoms with Gasteiger partial charge in [-0.1, -0.05) is 30.3 Å². The van der Waals surface area contributed by atoms with E-state index in [9.17, 15) is 26.3 Å². The second kappa shape index (κ2) is 9.28. The number of piperidine rings is 1. The van der Waals surface area contributed by atoms with Crippen LogP contribution in [0.3, 0.4) is 0 Å². The van der Waals surface area contributed by atoms with Crippen molar-refractivity contribution in [2.24, 2.45) is 0 Å². The molecule has 3 rings (SSSR count). The van der Waals surface area contributed by atoms with E-state index in [2.05, 4.69) is 6.07 Å². The molecule has 0 radical (unpaired) electrons. The maximum absolute atomic E-state index is 13.1. The van der Waals surface area contributed by atoms with E-state index in [1.807, 2.05) is 35.2 Å². The summed E-state index contributed by atoms with van der Waals surface area (Å²) in [6.45, 7) is 0.925. The number of ether oxygens (including phenoxy) is 1. The van der Waals surface area contributed by atoms with Crippen LogP contribution in [0.25, 0.3) is 0 Å². The molecule has 0 N–H and O–H groups in total. The van der Waals surface area contributed by atoms with Crippen LogP contribution in [0.4, 0.5) is 26.3 Å². The first-order chi connectivity index (χ1) is 14.6. The van der Waals surface area contributed by atoms with Crippen LogP contribution in [0.1, 0.15) is 34.6 Å². The minimum absolute atomic E-state index is 0.108. The van der Waals surface area contributed by atoms with Crippen molar-refractivity contribution in [2.45, 2.75) is 37.4 Å². The first-order valence-electron chi connectivity index (χ1n) is 9.62. The summed E-state index contributed by atoms with van der Waals surface area (Å²) in [7, 11) is 0. The summed E-state index contributed by atoms with van der Waals surface area (Å²) >= 11 is 0. The Bertz CT molecular complexity index is 888. The van der Waals surface area contributed by atoms with Crippen molar-refractivity contribution in [3.05, 3.63) is 70.8 Å². The number of benzene rings is 2. The number of hydrogen-bond donors (Lipinski definition) is 0. The summed E-state index contributed by atoms with van der Waals surface area (Å²) in [5.74, 6) is -0.156. The Morgan fingerprint density at radius 2 is 1.58 bits per heavy atom. The Balaban J connectivity index is 1.82. The van der Waals surface area contributed by atoms with Crippen LogP contribution in [0.2, 0.25) is 0 Å². The average molecular weight is 442 g/mol. The van der Waals surface area contributed by atoms with Crippen LogP contribution in [-0.2, 0) is 23.7 Å². The molecule has 0 spiro atoms. The Morgan fingerprint density at radius 1 is 0.968 bits per heavy atom. The molecule has 0 bridgehead atoms. The van der Waals surface area contributed by atoms with Crippen molar-refractivity contribution in [3.63, 3.8) is 0 Å². The number of hydrogen-bond acceptors (Lipinski definition) is 3. The fourth-order valence-electron chi connectivity index (χ4n) is 3.77. The number of halogens is 6. The molecule has 9 heteroatoms. The quantitative estimate of drug-likeness (QED) is 0.445. The fraction of sp³-hybridized carbons (Fsp3) is 0.409. The number of likely N-dealkylation sites (tertiary alicyclic amines) is 1. The second-order valence-corrected chi connectivity index (χ2v) is 7.46. The van der Waals surface area contributed by atoms with Crippen molar-refractivity contribution in [1.29, 1.82) is 5.26 Å². The maximum Gasteiger partial charge on any atom is 0.416 e. The highest BCUT2D eigenvalue weighted by molar-refractivity contribution is 5.33. The lowest BCUT2D eigenvalue weighted by Gasteiger charge is -2.37. The summed E-state index contributed by atoms with van der Waals surface area (Å²) in [5, 5.41) is 8.97. The third-order valence-corrected chi connectivity index (χ3v) is 5.27. The van der Waals surface area contributed by atoms with Gasteiger partial charge in [-0.3, -0.25) is 4.90 Å². The fourth-order valence-corrected chi connectivity index (χ4v) is 3.77. The molecule has 1 aliphatic heterocycles. The van der Waals surface area contributed by atoms with Gasteiger partial charge < -0.3 is 4.74 Å². The number of alkyl halides is 6. The predicted octanol–water partition coefficient (Wildman–Crippen LogP) is 5.62. The van der Waals surface area contributed by atoms with E-state index in [0.29, 0.717) is 31.6 Å². The molecular formula is C22H20F6N2O. The Hall–Kier alpha value is -2.57. The first-order valence-corrected chi connectivity index (χ1v) is 9.62. The minimum atomic E-state index is -4.90. The lowest BCUT2D eigenvalue weighted by Crippen LogP contribution is -2.43. The molecule has 1 fully saturated rings. The summed E-state index contributed by atoms with van der Waals surface area (Å²) in [4.78, 5) is 1.95. The molecule has 2 atom stereocenters. The minimum Gasteiger partial charge on any atom is -0.373 e. The highest BCUT2D eigenvalue weighted by Gasteiger charge is 2.37. The Labute approximate surface area is 175 Å². The molecule has 0 aliphatic carbocycles. The predicted molar refractivity (Wildman–Crippen MR) is 101 cm³/mol. The van der Waals surface area contributed by atoms with Crippen molar-refractivity contribution in [2.75, 3.05) is 19.6 Å². The molecule has 0 aromatic heterocycles. The van der Waals surface area contributed by atoms with E-state index in [1.54, 1.807) is 0 Å². The van der Waals surface area contributed by atoms with E-state index >= 15 is 0 Å². The van der Waals surface area contributed by atoms with Crippen LogP contribution in [0.15, 0.2) is 48.5 Å².